The van der Waals surface area contributed by atoms with Gasteiger partial charge in [-0.2, -0.15) is 0 Å². The third-order valence-corrected chi connectivity index (χ3v) is 4.71. The molecule has 2 aromatic carbocycles. The van der Waals surface area contributed by atoms with Gasteiger partial charge in [-0.3, -0.25) is 9.52 Å². The number of hydrogen-bond acceptors (Lipinski definition) is 5. The average molecular weight is 364 g/mol. The van der Waals surface area contributed by atoms with Crippen molar-refractivity contribution in [3.8, 4) is 11.5 Å². The summed E-state index contributed by atoms with van der Waals surface area (Å²) in [5, 5.41) is 0. The summed E-state index contributed by atoms with van der Waals surface area (Å²) in [4.78, 5) is 13.0. The van der Waals surface area contributed by atoms with Crippen molar-refractivity contribution in [3.63, 3.8) is 0 Å². The lowest BCUT2D eigenvalue weighted by Gasteiger charge is -2.12. The minimum absolute atomic E-state index is 0.0848. The Labute approximate surface area is 147 Å². The molecule has 0 unspecified atom stereocenters. The van der Waals surface area contributed by atoms with Gasteiger partial charge in [0, 0.05) is 20.2 Å². The van der Waals surface area contributed by atoms with Crippen LogP contribution in [0, 0.1) is 0 Å². The summed E-state index contributed by atoms with van der Waals surface area (Å²) in [6, 6.07) is 12.5. The molecule has 0 saturated heterocycles. The molecule has 0 spiro atoms. The van der Waals surface area contributed by atoms with E-state index >= 15 is 0 Å². The Bertz CT molecular complexity index is 832. The van der Waals surface area contributed by atoms with Crippen LogP contribution < -0.4 is 14.2 Å². The van der Waals surface area contributed by atoms with Crippen molar-refractivity contribution in [1.82, 2.24) is 4.90 Å². The molecule has 0 fully saturated rings. The Kier molecular flexibility index (Phi) is 5.87. The van der Waals surface area contributed by atoms with Crippen LogP contribution in [0.15, 0.2) is 53.4 Å². The minimum Gasteiger partial charge on any atom is -0.497 e. The number of anilines is 1. The van der Waals surface area contributed by atoms with Crippen LogP contribution in [0.25, 0.3) is 0 Å². The summed E-state index contributed by atoms with van der Waals surface area (Å²) >= 11 is 0. The normalized spacial score (nSPS) is 10.8. The lowest BCUT2D eigenvalue weighted by atomic mass is 10.3. The second-order valence-corrected chi connectivity index (χ2v) is 7.07. The van der Waals surface area contributed by atoms with Crippen molar-refractivity contribution in [1.29, 1.82) is 0 Å². The first-order valence-corrected chi connectivity index (χ1v) is 8.90. The highest BCUT2D eigenvalue weighted by molar-refractivity contribution is 7.92. The predicted octanol–water partition coefficient (Wildman–Crippen LogP) is 1.96. The number of sulfonamides is 1. The second kappa shape index (κ2) is 7.89. The molecule has 8 heteroatoms. The molecule has 1 amide bonds. The number of nitrogens with zero attached hydrogens (tertiary/aromatic N) is 1. The third-order valence-electron chi connectivity index (χ3n) is 3.32. The van der Waals surface area contributed by atoms with Gasteiger partial charge in [0.15, 0.2) is 6.61 Å². The van der Waals surface area contributed by atoms with Crippen molar-refractivity contribution in [2.75, 3.05) is 32.5 Å². The van der Waals surface area contributed by atoms with Gasteiger partial charge in [-0.15, -0.1) is 0 Å². The van der Waals surface area contributed by atoms with Crippen LogP contribution in [0.2, 0.25) is 0 Å². The van der Waals surface area contributed by atoms with Gasteiger partial charge in [-0.25, -0.2) is 8.42 Å². The number of carbonyl (C=O) groups is 1. The number of amides is 1. The van der Waals surface area contributed by atoms with Gasteiger partial charge in [0.2, 0.25) is 0 Å². The van der Waals surface area contributed by atoms with E-state index < -0.39 is 10.0 Å². The largest absolute Gasteiger partial charge is 0.497 e. The highest BCUT2D eigenvalue weighted by atomic mass is 32.2. The fourth-order valence-corrected chi connectivity index (χ4v) is 2.94. The molecule has 134 valence electrons. The molecule has 0 atom stereocenters. The predicted molar refractivity (Wildman–Crippen MR) is 94.4 cm³/mol. The topological polar surface area (TPSA) is 84.9 Å². The van der Waals surface area contributed by atoms with E-state index in [2.05, 4.69) is 4.72 Å². The quantitative estimate of drug-likeness (QED) is 0.812. The average Bonchev–Trinajstić information content (AvgIpc) is 2.59. The highest BCUT2D eigenvalue weighted by Gasteiger charge is 2.15. The van der Waals surface area contributed by atoms with Crippen LogP contribution in [0.4, 0.5) is 5.69 Å². The Morgan fingerprint density at radius 2 is 1.76 bits per heavy atom. The van der Waals surface area contributed by atoms with Gasteiger partial charge >= 0.3 is 0 Å². The van der Waals surface area contributed by atoms with E-state index in [0.29, 0.717) is 17.2 Å². The molecule has 1 N–H and O–H groups in total. The van der Waals surface area contributed by atoms with Crippen LogP contribution in [0.1, 0.15) is 0 Å². The van der Waals surface area contributed by atoms with Crippen LogP contribution >= 0.6 is 0 Å². The zero-order chi connectivity index (χ0) is 18.4. The van der Waals surface area contributed by atoms with E-state index in [1.807, 2.05) is 0 Å². The van der Waals surface area contributed by atoms with Gasteiger partial charge in [0.05, 0.1) is 17.7 Å². The number of nitrogens with one attached hydrogen (secondary N) is 1. The molecule has 0 heterocycles. The molecule has 0 aliphatic rings. The van der Waals surface area contributed by atoms with E-state index in [4.69, 9.17) is 9.47 Å². The van der Waals surface area contributed by atoms with Gasteiger partial charge in [-0.1, -0.05) is 6.07 Å². The first-order chi connectivity index (χ1) is 11.8. The summed E-state index contributed by atoms with van der Waals surface area (Å²) in [5.74, 6) is 0.779. The van der Waals surface area contributed by atoms with E-state index in [1.54, 1.807) is 38.4 Å². The van der Waals surface area contributed by atoms with E-state index in [-0.39, 0.29) is 17.4 Å². The molecular formula is C17H20N2O5S. The molecule has 2 rings (SSSR count). The number of ether oxygens (including phenoxy) is 2. The first kappa shape index (κ1) is 18.6. The van der Waals surface area contributed by atoms with Gasteiger partial charge in [0.1, 0.15) is 11.5 Å². The highest BCUT2D eigenvalue weighted by Crippen LogP contribution is 2.22. The number of benzene rings is 2. The number of hydrogen-bond donors (Lipinski definition) is 1. The fourth-order valence-electron chi connectivity index (χ4n) is 1.89. The Balaban J connectivity index is 2.08. The first-order valence-electron chi connectivity index (χ1n) is 7.42. The van der Waals surface area contributed by atoms with Gasteiger partial charge in [-0.05, 0) is 36.4 Å². The maximum atomic E-state index is 12.4. The van der Waals surface area contributed by atoms with Gasteiger partial charge in [0.25, 0.3) is 15.9 Å². The van der Waals surface area contributed by atoms with Crippen molar-refractivity contribution in [2.24, 2.45) is 0 Å². The number of methoxy groups -OCH3 is 1. The van der Waals surface area contributed by atoms with Crippen LogP contribution in [0.3, 0.4) is 0 Å². The summed E-state index contributed by atoms with van der Waals surface area (Å²) in [7, 11) is 1.03. The van der Waals surface area contributed by atoms with Crippen LogP contribution in [0.5, 0.6) is 11.5 Å². The molecule has 0 aliphatic heterocycles. The Morgan fingerprint density at radius 1 is 1.08 bits per heavy atom. The lowest BCUT2D eigenvalue weighted by Crippen LogP contribution is -2.27. The molecule has 0 aromatic heterocycles. The van der Waals surface area contributed by atoms with Crippen LogP contribution in [-0.4, -0.2) is 47.0 Å². The number of rotatable bonds is 7. The summed E-state index contributed by atoms with van der Waals surface area (Å²) < 4.78 is 37.7. The SMILES string of the molecule is COc1cccc(NS(=O)(=O)c2ccc(OCC(=O)N(C)C)cc2)c1. The van der Waals surface area contributed by atoms with E-state index in [9.17, 15) is 13.2 Å². The molecule has 0 saturated carbocycles. The van der Waals surface area contributed by atoms with E-state index in [1.165, 1.54) is 36.3 Å². The summed E-state index contributed by atoms with van der Waals surface area (Å²) in [6.07, 6.45) is 0. The standard InChI is InChI=1S/C17H20N2O5S/c1-19(2)17(20)12-24-14-7-9-16(10-8-14)25(21,22)18-13-5-4-6-15(11-13)23-3/h4-11,18H,12H2,1-3H3. The molecule has 0 aliphatic carbocycles. The van der Waals surface area contributed by atoms with Crippen molar-refractivity contribution < 1.29 is 22.7 Å². The summed E-state index contributed by atoms with van der Waals surface area (Å²) in [6.45, 7) is -0.110. The molecule has 0 radical (unpaired) electrons. The number of likely N-dealkylation sites (N-methyl/N-ethyl adjacent to an activating group) is 1. The maximum Gasteiger partial charge on any atom is 0.261 e. The lowest BCUT2D eigenvalue weighted by molar-refractivity contribution is -0.130. The van der Waals surface area contributed by atoms with Crippen LogP contribution in [-0.2, 0) is 14.8 Å². The second-order valence-electron chi connectivity index (χ2n) is 5.39. The smallest absolute Gasteiger partial charge is 0.261 e. The Hall–Kier alpha value is -2.74. The van der Waals surface area contributed by atoms with E-state index in [0.717, 1.165) is 0 Å². The molecular weight excluding hydrogens is 344 g/mol. The monoisotopic (exact) mass is 364 g/mol. The fraction of sp³-hybridized carbons (Fsp3) is 0.235. The Morgan fingerprint density at radius 3 is 2.36 bits per heavy atom. The maximum absolute atomic E-state index is 12.4. The molecule has 2 aromatic rings. The molecule has 7 nitrogen and oxygen atoms in total. The third kappa shape index (κ3) is 5.12. The van der Waals surface area contributed by atoms with Crippen molar-refractivity contribution in [3.05, 3.63) is 48.5 Å². The zero-order valence-corrected chi connectivity index (χ0v) is 15.0. The van der Waals surface area contributed by atoms with Gasteiger partial charge < -0.3 is 14.4 Å². The number of carbonyl (C=O) groups excluding carboxylic acids is 1. The molecule has 0 bridgehead atoms. The van der Waals surface area contributed by atoms with Crippen molar-refractivity contribution >= 4 is 21.6 Å². The molecule has 25 heavy (non-hydrogen) atoms. The zero-order valence-electron chi connectivity index (χ0n) is 14.2. The summed E-state index contributed by atoms with van der Waals surface area (Å²) in [5.41, 5.74) is 0.399. The minimum atomic E-state index is -3.74. The van der Waals surface area contributed by atoms with Crippen molar-refractivity contribution in [2.45, 2.75) is 4.90 Å².